The lowest BCUT2D eigenvalue weighted by molar-refractivity contribution is 0.102. The van der Waals surface area contributed by atoms with Crippen LogP contribution in [0.25, 0.3) is 0 Å². The maximum absolute atomic E-state index is 12.7. The largest absolute Gasteiger partial charge is 0.486 e. The molecule has 31 heavy (non-hydrogen) atoms. The maximum Gasteiger partial charge on any atom is 0.261 e. The molecule has 0 saturated heterocycles. The van der Waals surface area contributed by atoms with E-state index in [1.807, 2.05) is 19.9 Å². The molecule has 0 spiro atoms. The first kappa shape index (κ1) is 20.7. The van der Waals surface area contributed by atoms with Crippen LogP contribution in [0.5, 0.6) is 11.5 Å². The number of hydrogen-bond acceptors (Lipinski definition) is 5. The van der Waals surface area contributed by atoms with Crippen molar-refractivity contribution < 1.29 is 22.7 Å². The zero-order valence-electron chi connectivity index (χ0n) is 17.1. The first-order valence-electron chi connectivity index (χ1n) is 9.73. The average molecular weight is 439 g/mol. The number of sulfonamides is 1. The fourth-order valence-electron chi connectivity index (χ4n) is 3.13. The molecule has 0 bridgehead atoms. The molecule has 0 unspecified atom stereocenters. The van der Waals surface area contributed by atoms with Gasteiger partial charge in [-0.15, -0.1) is 0 Å². The summed E-state index contributed by atoms with van der Waals surface area (Å²) in [5, 5.41) is 2.78. The van der Waals surface area contributed by atoms with Gasteiger partial charge in [0.15, 0.2) is 11.5 Å². The third-order valence-electron chi connectivity index (χ3n) is 4.99. The van der Waals surface area contributed by atoms with Crippen LogP contribution in [0.15, 0.2) is 65.6 Å². The van der Waals surface area contributed by atoms with Gasteiger partial charge in [-0.1, -0.05) is 6.07 Å². The van der Waals surface area contributed by atoms with E-state index in [1.165, 1.54) is 24.3 Å². The van der Waals surface area contributed by atoms with Gasteiger partial charge in [0.05, 0.1) is 4.90 Å². The minimum atomic E-state index is -3.77. The number of carbonyl (C=O) groups is 1. The molecule has 3 aromatic carbocycles. The highest BCUT2D eigenvalue weighted by Gasteiger charge is 2.17. The van der Waals surface area contributed by atoms with Crippen molar-refractivity contribution in [2.24, 2.45) is 0 Å². The number of anilines is 2. The van der Waals surface area contributed by atoms with Crippen molar-refractivity contribution >= 4 is 27.3 Å². The lowest BCUT2D eigenvalue weighted by Gasteiger charge is -2.19. The van der Waals surface area contributed by atoms with Gasteiger partial charge in [-0.3, -0.25) is 9.52 Å². The number of carbonyl (C=O) groups excluding carboxylic acids is 1. The molecule has 1 amide bonds. The summed E-state index contributed by atoms with van der Waals surface area (Å²) in [5.41, 5.74) is 3.45. The molecule has 1 heterocycles. The zero-order valence-corrected chi connectivity index (χ0v) is 18.0. The Balaban J connectivity index is 1.46. The molecule has 0 aromatic heterocycles. The highest BCUT2D eigenvalue weighted by Crippen LogP contribution is 2.32. The number of hydrogen-bond donors (Lipinski definition) is 2. The Morgan fingerprint density at radius 2 is 1.48 bits per heavy atom. The van der Waals surface area contributed by atoms with Crippen molar-refractivity contribution in [3.05, 3.63) is 77.4 Å². The van der Waals surface area contributed by atoms with Crippen LogP contribution in [0.2, 0.25) is 0 Å². The number of ether oxygens (including phenoxy) is 2. The zero-order chi connectivity index (χ0) is 22.0. The smallest absolute Gasteiger partial charge is 0.261 e. The van der Waals surface area contributed by atoms with Crippen LogP contribution in [0, 0.1) is 13.8 Å². The summed E-state index contributed by atoms with van der Waals surface area (Å²) in [5.74, 6) is 0.848. The van der Waals surface area contributed by atoms with Crippen molar-refractivity contribution in [1.29, 1.82) is 0 Å². The van der Waals surface area contributed by atoms with E-state index in [0.717, 1.165) is 11.1 Å². The molecule has 8 heteroatoms. The third kappa shape index (κ3) is 4.64. The van der Waals surface area contributed by atoms with Gasteiger partial charge in [-0.25, -0.2) is 8.42 Å². The van der Waals surface area contributed by atoms with Crippen LogP contribution in [-0.4, -0.2) is 27.5 Å². The van der Waals surface area contributed by atoms with E-state index in [4.69, 9.17) is 9.47 Å². The summed E-state index contributed by atoms with van der Waals surface area (Å²) in [7, 11) is -3.77. The summed E-state index contributed by atoms with van der Waals surface area (Å²) in [4.78, 5) is 12.6. The topological polar surface area (TPSA) is 93.7 Å². The van der Waals surface area contributed by atoms with E-state index in [-0.39, 0.29) is 10.8 Å². The van der Waals surface area contributed by atoms with E-state index in [9.17, 15) is 13.2 Å². The SMILES string of the molecule is Cc1ccc(NS(=O)(=O)c2ccc(C(=O)Nc3ccc4c(c3)OCCO4)cc2)cc1C. The van der Waals surface area contributed by atoms with Gasteiger partial charge in [-0.05, 0) is 73.5 Å². The Kier molecular flexibility index (Phi) is 5.56. The van der Waals surface area contributed by atoms with E-state index >= 15 is 0 Å². The first-order valence-corrected chi connectivity index (χ1v) is 11.2. The van der Waals surface area contributed by atoms with Crippen molar-refractivity contribution in [2.45, 2.75) is 18.7 Å². The second-order valence-electron chi connectivity index (χ2n) is 7.24. The summed E-state index contributed by atoms with van der Waals surface area (Å²) >= 11 is 0. The third-order valence-corrected chi connectivity index (χ3v) is 6.38. The Hall–Kier alpha value is -3.52. The fraction of sp³-hybridized carbons (Fsp3) is 0.174. The highest BCUT2D eigenvalue weighted by atomic mass is 32.2. The van der Waals surface area contributed by atoms with Gasteiger partial charge in [0.2, 0.25) is 0 Å². The molecule has 1 aliphatic heterocycles. The van der Waals surface area contributed by atoms with Gasteiger partial charge in [0, 0.05) is 23.0 Å². The lowest BCUT2D eigenvalue weighted by Crippen LogP contribution is -2.17. The van der Waals surface area contributed by atoms with Crippen LogP contribution in [-0.2, 0) is 10.0 Å². The van der Waals surface area contributed by atoms with E-state index in [0.29, 0.717) is 41.7 Å². The predicted molar refractivity (Wildman–Crippen MR) is 119 cm³/mol. The number of rotatable bonds is 5. The van der Waals surface area contributed by atoms with E-state index in [1.54, 1.807) is 30.3 Å². The molecule has 3 aromatic rings. The van der Waals surface area contributed by atoms with Crippen molar-refractivity contribution in [3.63, 3.8) is 0 Å². The second kappa shape index (κ2) is 8.31. The Bertz CT molecular complexity index is 1240. The molecule has 0 aliphatic carbocycles. The van der Waals surface area contributed by atoms with E-state index < -0.39 is 10.0 Å². The van der Waals surface area contributed by atoms with Crippen molar-refractivity contribution in [1.82, 2.24) is 0 Å². The average Bonchev–Trinajstić information content (AvgIpc) is 2.76. The number of fused-ring (bicyclic) bond motifs is 1. The first-order chi connectivity index (χ1) is 14.8. The van der Waals surface area contributed by atoms with Gasteiger partial charge in [0.25, 0.3) is 15.9 Å². The van der Waals surface area contributed by atoms with Crippen LogP contribution < -0.4 is 19.5 Å². The lowest BCUT2D eigenvalue weighted by atomic mass is 10.1. The van der Waals surface area contributed by atoms with Gasteiger partial charge >= 0.3 is 0 Å². The highest BCUT2D eigenvalue weighted by molar-refractivity contribution is 7.92. The van der Waals surface area contributed by atoms with Gasteiger partial charge < -0.3 is 14.8 Å². The van der Waals surface area contributed by atoms with Gasteiger partial charge in [-0.2, -0.15) is 0 Å². The number of nitrogens with one attached hydrogen (secondary N) is 2. The monoisotopic (exact) mass is 438 g/mol. The van der Waals surface area contributed by atoms with Crippen LogP contribution in [0.4, 0.5) is 11.4 Å². The van der Waals surface area contributed by atoms with Crippen LogP contribution in [0.1, 0.15) is 21.5 Å². The number of amides is 1. The maximum atomic E-state index is 12.7. The normalized spacial score (nSPS) is 12.8. The molecular weight excluding hydrogens is 416 g/mol. The summed E-state index contributed by atoms with van der Waals surface area (Å²) in [6, 6.07) is 16.3. The number of benzene rings is 3. The van der Waals surface area contributed by atoms with Crippen LogP contribution >= 0.6 is 0 Å². The minimum absolute atomic E-state index is 0.0709. The summed E-state index contributed by atoms with van der Waals surface area (Å²) < 4.78 is 38.9. The quantitative estimate of drug-likeness (QED) is 0.625. The molecule has 7 nitrogen and oxygen atoms in total. The predicted octanol–water partition coefficient (Wildman–Crippen LogP) is 4.13. The molecular formula is C23H22N2O5S. The minimum Gasteiger partial charge on any atom is -0.486 e. The second-order valence-corrected chi connectivity index (χ2v) is 8.92. The standard InChI is InChI=1S/C23H22N2O5S/c1-15-3-6-19(13-16(15)2)25-31(27,28)20-8-4-17(5-9-20)23(26)24-18-7-10-21-22(14-18)30-12-11-29-21/h3-10,13-14,25H,11-12H2,1-2H3,(H,24,26). The Morgan fingerprint density at radius 3 is 2.19 bits per heavy atom. The molecule has 0 fully saturated rings. The molecule has 0 radical (unpaired) electrons. The molecule has 4 rings (SSSR count). The van der Waals surface area contributed by atoms with Crippen molar-refractivity contribution in [3.8, 4) is 11.5 Å². The molecule has 160 valence electrons. The Labute approximate surface area is 181 Å². The Morgan fingerprint density at radius 1 is 0.806 bits per heavy atom. The summed E-state index contributed by atoms with van der Waals surface area (Å²) in [6.45, 7) is 4.83. The number of aryl methyl sites for hydroxylation is 2. The van der Waals surface area contributed by atoms with Crippen molar-refractivity contribution in [2.75, 3.05) is 23.3 Å². The fourth-order valence-corrected chi connectivity index (χ4v) is 4.18. The van der Waals surface area contributed by atoms with Crippen LogP contribution in [0.3, 0.4) is 0 Å². The van der Waals surface area contributed by atoms with Gasteiger partial charge in [0.1, 0.15) is 13.2 Å². The molecule has 0 saturated carbocycles. The summed E-state index contributed by atoms with van der Waals surface area (Å²) in [6.07, 6.45) is 0. The molecule has 0 atom stereocenters. The van der Waals surface area contributed by atoms with E-state index in [2.05, 4.69) is 10.0 Å². The molecule has 1 aliphatic rings. The molecule has 2 N–H and O–H groups in total.